The first kappa shape index (κ1) is 29.8. The summed E-state index contributed by atoms with van der Waals surface area (Å²) in [5, 5.41) is 31.5. The molecule has 2 aromatic carbocycles. The van der Waals surface area contributed by atoms with Crippen molar-refractivity contribution < 1.29 is 23.0 Å². The van der Waals surface area contributed by atoms with Crippen molar-refractivity contribution in [1.82, 2.24) is 0 Å². The third-order valence-corrected chi connectivity index (χ3v) is 5.93. The van der Waals surface area contributed by atoms with Crippen molar-refractivity contribution in [3.8, 4) is 11.5 Å². The first-order valence-corrected chi connectivity index (χ1v) is 11.3. The molecule has 0 spiro atoms. The molecule has 33 heavy (non-hydrogen) atoms. The zero-order chi connectivity index (χ0) is 24.6. The molecule has 0 aliphatic carbocycles. The predicted molar refractivity (Wildman–Crippen MR) is 139 cm³/mol. The van der Waals surface area contributed by atoms with Gasteiger partial charge in [0.05, 0.1) is 0 Å². The van der Waals surface area contributed by atoms with Crippen molar-refractivity contribution in [2.75, 3.05) is 0 Å². The van der Waals surface area contributed by atoms with E-state index in [1.807, 2.05) is 39.0 Å². The number of hydrogen-bond acceptors (Lipinski definition) is 3. The van der Waals surface area contributed by atoms with Crippen LogP contribution in [0.15, 0.2) is 24.3 Å². The SMILES string of the molecule is CC(C)(C)c1cc(Cc2cc(CCC(=O)O)cc(C(C)(C)C)c2O)c(O)c(C(C)(C)C)c1.[Ca+2].[H-].[H-]. The number of phenolic OH excluding ortho intramolecular Hbond substituents is 2. The van der Waals surface area contributed by atoms with Gasteiger partial charge in [-0.05, 0) is 56.0 Å². The fourth-order valence-corrected chi connectivity index (χ4v) is 3.90. The van der Waals surface area contributed by atoms with Gasteiger partial charge in [0.15, 0.2) is 0 Å². The third-order valence-electron chi connectivity index (χ3n) is 5.93. The van der Waals surface area contributed by atoms with Crippen molar-refractivity contribution in [3.05, 3.63) is 57.6 Å². The van der Waals surface area contributed by atoms with Crippen molar-refractivity contribution in [1.29, 1.82) is 0 Å². The molecule has 0 radical (unpaired) electrons. The summed E-state index contributed by atoms with van der Waals surface area (Å²) in [7, 11) is 0. The minimum Gasteiger partial charge on any atom is -1.00 e. The molecule has 0 atom stereocenters. The fourth-order valence-electron chi connectivity index (χ4n) is 3.90. The molecule has 0 heterocycles. The quantitative estimate of drug-likeness (QED) is 0.428. The van der Waals surface area contributed by atoms with Gasteiger partial charge in [-0.15, -0.1) is 0 Å². The average Bonchev–Trinajstić information content (AvgIpc) is 2.60. The average molecular weight is 483 g/mol. The summed E-state index contributed by atoms with van der Waals surface area (Å²) < 4.78 is 0. The number of carboxylic acid groups (broad SMARTS) is 1. The van der Waals surface area contributed by atoms with Crippen LogP contribution in [0.5, 0.6) is 11.5 Å². The molecule has 0 bridgehead atoms. The summed E-state index contributed by atoms with van der Waals surface area (Å²) in [6.45, 7) is 18.8. The molecular weight excluding hydrogens is 440 g/mol. The van der Waals surface area contributed by atoms with E-state index in [1.54, 1.807) is 0 Å². The molecule has 2 rings (SSSR count). The Morgan fingerprint density at radius 1 is 0.758 bits per heavy atom. The largest absolute Gasteiger partial charge is 2.00 e. The number of carboxylic acids is 1. The Bertz CT molecular complexity index is 1010. The van der Waals surface area contributed by atoms with Crippen molar-refractivity contribution in [2.24, 2.45) is 0 Å². The summed E-state index contributed by atoms with van der Waals surface area (Å²) in [6.07, 6.45) is 0.800. The number of aryl methyl sites for hydroxylation is 1. The number of benzene rings is 2. The Kier molecular flexibility index (Phi) is 9.55. The molecule has 0 amide bonds. The Labute approximate surface area is 232 Å². The van der Waals surface area contributed by atoms with E-state index < -0.39 is 5.97 Å². The van der Waals surface area contributed by atoms with Gasteiger partial charge in [0.1, 0.15) is 11.5 Å². The maximum Gasteiger partial charge on any atom is 2.00 e. The summed E-state index contributed by atoms with van der Waals surface area (Å²) >= 11 is 0. The topological polar surface area (TPSA) is 77.8 Å². The molecule has 5 heteroatoms. The molecule has 180 valence electrons. The maximum atomic E-state index is 11.2. The third kappa shape index (κ3) is 7.63. The van der Waals surface area contributed by atoms with Crippen molar-refractivity contribution >= 4 is 43.7 Å². The number of rotatable bonds is 5. The first-order valence-electron chi connectivity index (χ1n) is 11.3. The van der Waals surface area contributed by atoms with Gasteiger partial charge in [0, 0.05) is 12.8 Å². The van der Waals surface area contributed by atoms with Gasteiger partial charge in [0.25, 0.3) is 0 Å². The summed E-state index contributed by atoms with van der Waals surface area (Å²) in [4.78, 5) is 11.1. The normalized spacial score (nSPS) is 12.4. The van der Waals surface area contributed by atoms with E-state index >= 15 is 0 Å². The molecule has 0 aliphatic heterocycles. The minimum absolute atomic E-state index is 0. The number of carbonyl (C=O) groups is 1. The van der Waals surface area contributed by atoms with E-state index in [9.17, 15) is 15.0 Å². The van der Waals surface area contributed by atoms with Gasteiger partial charge >= 0.3 is 43.7 Å². The van der Waals surface area contributed by atoms with E-state index in [-0.39, 0.29) is 74.8 Å². The van der Waals surface area contributed by atoms with Gasteiger partial charge < -0.3 is 18.2 Å². The van der Waals surface area contributed by atoms with Crippen LogP contribution in [-0.4, -0.2) is 59.0 Å². The molecule has 3 N–H and O–H groups in total. The number of aromatic hydroxyl groups is 2. The van der Waals surface area contributed by atoms with Gasteiger partial charge in [-0.2, -0.15) is 0 Å². The van der Waals surface area contributed by atoms with Gasteiger partial charge in [0.2, 0.25) is 0 Å². The summed E-state index contributed by atoms with van der Waals surface area (Å²) in [6, 6.07) is 7.91. The van der Waals surface area contributed by atoms with E-state index in [4.69, 9.17) is 5.11 Å². The zero-order valence-electron chi connectivity index (χ0n) is 23.9. The second-order valence-corrected chi connectivity index (χ2v) is 12.0. The molecule has 0 saturated heterocycles. The number of aliphatic carboxylic acids is 1. The van der Waals surface area contributed by atoms with E-state index in [2.05, 4.69) is 47.6 Å². The van der Waals surface area contributed by atoms with Gasteiger partial charge in [-0.25, -0.2) is 0 Å². The van der Waals surface area contributed by atoms with E-state index in [0.717, 1.165) is 27.8 Å². The molecule has 2 aromatic rings. The maximum absolute atomic E-state index is 11.2. The van der Waals surface area contributed by atoms with E-state index in [1.165, 1.54) is 0 Å². The number of hydrogen-bond donors (Lipinski definition) is 3. The summed E-state index contributed by atoms with van der Waals surface area (Å²) in [5.74, 6) is -0.366. The van der Waals surface area contributed by atoms with Crippen LogP contribution < -0.4 is 0 Å². The van der Waals surface area contributed by atoms with Crippen LogP contribution in [0.1, 0.15) is 105 Å². The minimum atomic E-state index is -0.845. The first-order chi connectivity index (χ1) is 14.4. The molecule has 4 nitrogen and oxygen atoms in total. The summed E-state index contributed by atoms with van der Waals surface area (Å²) in [5.41, 5.74) is 4.54. The Morgan fingerprint density at radius 3 is 1.64 bits per heavy atom. The van der Waals surface area contributed by atoms with Gasteiger partial charge in [-0.1, -0.05) is 86.6 Å². The fraction of sp³-hybridized carbons (Fsp3) is 0.536. The Balaban J connectivity index is 0. The second-order valence-electron chi connectivity index (χ2n) is 12.0. The monoisotopic (exact) mass is 482 g/mol. The van der Waals surface area contributed by atoms with Crippen LogP contribution >= 0.6 is 0 Å². The Hall–Kier alpha value is -1.23. The van der Waals surface area contributed by atoms with Crippen molar-refractivity contribution in [3.63, 3.8) is 0 Å². The van der Waals surface area contributed by atoms with Crippen molar-refractivity contribution in [2.45, 2.75) is 97.8 Å². The van der Waals surface area contributed by atoms with Crippen LogP contribution in [-0.2, 0) is 33.9 Å². The smallest absolute Gasteiger partial charge is 1.00 e. The van der Waals surface area contributed by atoms with Crippen LogP contribution in [0.2, 0.25) is 0 Å². The second kappa shape index (κ2) is 10.6. The zero-order valence-corrected chi connectivity index (χ0v) is 24.1. The molecule has 0 unspecified atom stereocenters. The number of phenols is 2. The van der Waals surface area contributed by atoms with Crippen LogP contribution in [0.25, 0.3) is 0 Å². The van der Waals surface area contributed by atoms with Crippen LogP contribution in [0.4, 0.5) is 0 Å². The molecule has 0 aliphatic rings. The van der Waals surface area contributed by atoms with Crippen LogP contribution in [0.3, 0.4) is 0 Å². The predicted octanol–water partition coefficient (Wildman–Crippen LogP) is 6.44. The van der Waals surface area contributed by atoms with Crippen LogP contribution in [0, 0.1) is 0 Å². The molecule has 0 aromatic heterocycles. The van der Waals surface area contributed by atoms with E-state index in [0.29, 0.717) is 18.4 Å². The molecule has 0 saturated carbocycles. The Morgan fingerprint density at radius 2 is 1.21 bits per heavy atom. The molecular formula is C28H42CaO4. The standard InChI is InChI=1S/C28H40O4.Ca.2H/c1-26(2,3)20-15-19(25(32)22(16-20)28(7,8)9)14-18-12-17(10-11-23(29)30)13-21(24(18)31)27(4,5)6;;;/h12-13,15-16,31-32H,10-11,14H2,1-9H3,(H,29,30);;;/q;+2;2*-1. The van der Waals surface area contributed by atoms with Gasteiger partial charge in [-0.3, -0.25) is 4.79 Å². The molecule has 0 fully saturated rings.